The maximum absolute atomic E-state index is 14.5. The molecule has 11 heteroatoms. The summed E-state index contributed by atoms with van der Waals surface area (Å²) in [6.07, 6.45) is 1.67. The molecule has 3 heterocycles. The van der Waals surface area contributed by atoms with Gasteiger partial charge in [0.05, 0.1) is 16.7 Å². The maximum atomic E-state index is 14.5. The molecule has 1 atom stereocenters. The number of hydrogen-bond acceptors (Lipinski definition) is 6. The van der Waals surface area contributed by atoms with Gasteiger partial charge in [-0.1, -0.05) is 11.6 Å². The molecule has 8 nitrogen and oxygen atoms in total. The molecule has 2 amide bonds. The molecule has 2 saturated heterocycles. The van der Waals surface area contributed by atoms with Crippen LogP contribution in [0.5, 0.6) is 5.75 Å². The Balaban J connectivity index is 1.13. The van der Waals surface area contributed by atoms with Crippen molar-refractivity contribution in [2.24, 2.45) is 0 Å². The van der Waals surface area contributed by atoms with Gasteiger partial charge in [0.2, 0.25) is 5.91 Å². The first-order valence-corrected chi connectivity index (χ1v) is 13.6. The molecule has 0 saturated carbocycles. The van der Waals surface area contributed by atoms with Gasteiger partial charge in [-0.3, -0.25) is 14.5 Å². The van der Waals surface area contributed by atoms with E-state index in [0.717, 1.165) is 17.3 Å². The summed E-state index contributed by atoms with van der Waals surface area (Å²) in [5, 5.41) is 4.98. The number of rotatable bonds is 6. The van der Waals surface area contributed by atoms with Gasteiger partial charge < -0.3 is 15.4 Å². The molecule has 0 aromatic heterocycles. The van der Waals surface area contributed by atoms with E-state index in [2.05, 4.69) is 15.5 Å². The lowest BCUT2D eigenvalue weighted by atomic mass is 9.73. The number of amides is 2. The quantitative estimate of drug-likeness (QED) is 0.605. The third-order valence-electron chi connectivity index (χ3n) is 7.14. The highest BCUT2D eigenvalue weighted by Crippen LogP contribution is 2.45. The van der Waals surface area contributed by atoms with E-state index < -0.39 is 32.4 Å². The van der Waals surface area contributed by atoms with Gasteiger partial charge in [-0.15, -0.1) is 0 Å². The molecule has 0 bridgehead atoms. The zero-order valence-electron chi connectivity index (χ0n) is 18.9. The summed E-state index contributed by atoms with van der Waals surface area (Å²) < 4.78 is 43.3. The molecule has 186 valence electrons. The van der Waals surface area contributed by atoms with Gasteiger partial charge in [0, 0.05) is 23.3 Å². The predicted molar refractivity (Wildman–Crippen MR) is 129 cm³/mol. The molecule has 0 radical (unpaired) electrons. The van der Waals surface area contributed by atoms with Crippen LogP contribution in [0.2, 0.25) is 5.02 Å². The molecule has 3 aliphatic rings. The van der Waals surface area contributed by atoms with Crippen LogP contribution in [0.4, 0.5) is 10.1 Å². The molecule has 0 aliphatic carbocycles. The Labute approximate surface area is 207 Å². The zero-order chi connectivity index (χ0) is 24.8. The van der Waals surface area contributed by atoms with Crippen molar-refractivity contribution in [1.82, 2.24) is 10.2 Å². The summed E-state index contributed by atoms with van der Waals surface area (Å²) in [5.74, 6) is -1.22. The number of nitrogens with zero attached hydrogens (tertiary/aromatic N) is 1. The van der Waals surface area contributed by atoms with Crippen LogP contribution in [0.1, 0.15) is 35.2 Å². The third kappa shape index (κ3) is 4.50. The molecule has 1 spiro atoms. The summed E-state index contributed by atoms with van der Waals surface area (Å²) in [7, 11) is -3.31. The van der Waals surface area contributed by atoms with E-state index in [1.807, 2.05) is 12.1 Å². The minimum atomic E-state index is -3.31. The molecular formula is C24H25ClFN3O5S. The van der Waals surface area contributed by atoms with Crippen LogP contribution in [0.15, 0.2) is 36.4 Å². The van der Waals surface area contributed by atoms with Crippen molar-refractivity contribution in [2.45, 2.75) is 30.1 Å². The Hall–Kier alpha value is -2.69. The fourth-order valence-electron chi connectivity index (χ4n) is 4.92. The second-order valence-electron chi connectivity index (χ2n) is 9.18. The van der Waals surface area contributed by atoms with E-state index >= 15 is 0 Å². The topological polar surface area (TPSA) is 105 Å². The number of halogens is 2. The lowest BCUT2D eigenvalue weighted by Crippen LogP contribution is -2.49. The van der Waals surface area contributed by atoms with E-state index in [1.165, 1.54) is 12.1 Å². The molecule has 3 aliphatic heterocycles. The minimum Gasteiger partial charge on any atom is -0.492 e. The Kier molecular flexibility index (Phi) is 6.23. The summed E-state index contributed by atoms with van der Waals surface area (Å²) in [4.78, 5) is 27.2. The van der Waals surface area contributed by atoms with Crippen LogP contribution in [0, 0.1) is 5.82 Å². The number of carbonyl (C=O) groups excluding carboxylic acids is 2. The highest BCUT2D eigenvalue weighted by Gasteiger charge is 2.48. The molecule has 35 heavy (non-hydrogen) atoms. The highest BCUT2D eigenvalue weighted by atomic mass is 35.5. The summed E-state index contributed by atoms with van der Waals surface area (Å²) in [5.41, 5.74) is 0.997. The molecule has 5 rings (SSSR count). The van der Waals surface area contributed by atoms with Crippen molar-refractivity contribution >= 4 is 38.9 Å². The predicted octanol–water partition coefficient (Wildman–Crippen LogP) is 2.72. The smallest absolute Gasteiger partial charge is 0.255 e. The van der Waals surface area contributed by atoms with E-state index in [9.17, 15) is 22.4 Å². The van der Waals surface area contributed by atoms with Crippen molar-refractivity contribution in [1.29, 1.82) is 0 Å². The van der Waals surface area contributed by atoms with E-state index in [1.54, 1.807) is 6.07 Å². The summed E-state index contributed by atoms with van der Waals surface area (Å²) >= 11 is 6.17. The van der Waals surface area contributed by atoms with Crippen LogP contribution < -0.4 is 15.4 Å². The van der Waals surface area contributed by atoms with Gasteiger partial charge in [0.15, 0.2) is 9.84 Å². The number of fused-ring (bicyclic) bond motifs is 2. The highest BCUT2D eigenvalue weighted by molar-refractivity contribution is 7.93. The first-order valence-electron chi connectivity index (χ1n) is 11.5. The molecule has 2 aromatic rings. The number of hydrogen-bond donors (Lipinski definition) is 2. The van der Waals surface area contributed by atoms with Gasteiger partial charge in [-0.2, -0.15) is 0 Å². The average molecular weight is 522 g/mol. The van der Waals surface area contributed by atoms with E-state index in [0.29, 0.717) is 50.5 Å². The lowest BCUT2D eigenvalue weighted by molar-refractivity contribution is -0.122. The Morgan fingerprint density at radius 1 is 1.23 bits per heavy atom. The molecule has 2 fully saturated rings. The first-order chi connectivity index (χ1) is 16.7. The van der Waals surface area contributed by atoms with Crippen LogP contribution in [0.25, 0.3) is 0 Å². The second-order valence-corrected chi connectivity index (χ2v) is 11.9. The number of anilines is 1. The van der Waals surface area contributed by atoms with Gasteiger partial charge in [0.25, 0.3) is 5.91 Å². The molecule has 2 N–H and O–H groups in total. The number of sulfone groups is 1. The number of carbonyl (C=O) groups is 2. The number of benzene rings is 2. The van der Waals surface area contributed by atoms with Crippen molar-refractivity contribution in [3.8, 4) is 5.75 Å². The average Bonchev–Trinajstić information content (AvgIpc) is 3.08. The molecular weight excluding hydrogens is 497 g/mol. The fraction of sp³-hybridized carbons (Fsp3) is 0.417. The van der Waals surface area contributed by atoms with Gasteiger partial charge >= 0.3 is 0 Å². The summed E-state index contributed by atoms with van der Waals surface area (Å²) in [6.45, 7) is 2.33. The monoisotopic (exact) mass is 521 g/mol. The van der Waals surface area contributed by atoms with Gasteiger partial charge in [-0.05, 0) is 68.2 Å². The van der Waals surface area contributed by atoms with E-state index in [-0.39, 0.29) is 23.0 Å². The largest absolute Gasteiger partial charge is 0.492 e. The lowest BCUT2D eigenvalue weighted by Gasteiger charge is -2.38. The number of nitrogens with one attached hydrogen (secondary N) is 2. The van der Waals surface area contributed by atoms with Crippen molar-refractivity contribution in [3.63, 3.8) is 0 Å². The Morgan fingerprint density at radius 2 is 2.00 bits per heavy atom. The molecule has 1 unspecified atom stereocenters. The standard InChI is InChI=1S/C24H25ClFN3O5S/c25-15-1-4-20-18(13-15)24(23(31)27-20)6-8-29(9-7-24)10-11-34-16-2-3-17(19(26)14-16)22(30)28-21-5-12-35(21,32)33/h1-4,13-14,21H,5-12H2,(H,27,31)(H,28,30). The van der Waals surface area contributed by atoms with Crippen molar-refractivity contribution in [2.75, 3.05) is 37.3 Å². The SMILES string of the molecule is O=C(NC1CCS1(=O)=O)c1ccc(OCCN2CCC3(CC2)C(=O)Nc2ccc(Cl)cc23)cc1F. The number of piperidine rings is 1. The van der Waals surface area contributed by atoms with Crippen molar-refractivity contribution < 1.29 is 27.1 Å². The van der Waals surface area contributed by atoms with Gasteiger partial charge in [-0.25, -0.2) is 12.8 Å². The zero-order valence-corrected chi connectivity index (χ0v) is 20.4. The third-order valence-corrected chi connectivity index (χ3v) is 9.40. The van der Waals surface area contributed by atoms with Crippen LogP contribution in [-0.2, 0) is 20.0 Å². The number of ether oxygens (including phenoxy) is 1. The van der Waals surface area contributed by atoms with E-state index in [4.69, 9.17) is 16.3 Å². The fourth-order valence-corrected chi connectivity index (χ4v) is 6.23. The van der Waals surface area contributed by atoms with Crippen LogP contribution in [-0.4, -0.2) is 62.5 Å². The van der Waals surface area contributed by atoms with Crippen molar-refractivity contribution in [3.05, 3.63) is 58.4 Å². The normalized spacial score (nSPS) is 22.2. The summed E-state index contributed by atoms with van der Waals surface area (Å²) in [6, 6.07) is 9.38. The van der Waals surface area contributed by atoms with Gasteiger partial charge in [0.1, 0.15) is 23.5 Å². The molecule has 2 aromatic carbocycles. The van der Waals surface area contributed by atoms with Crippen LogP contribution >= 0.6 is 11.6 Å². The number of likely N-dealkylation sites (tertiary alicyclic amines) is 1. The minimum absolute atomic E-state index is 0.0141. The Morgan fingerprint density at radius 3 is 2.66 bits per heavy atom. The Bertz CT molecular complexity index is 1290. The second kappa shape index (κ2) is 9.07. The first kappa shape index (κ1) is 24.0. The maximum Gasteiger partial charge on any atom is 0.255 e. The van der Waals surface area contributed by atoms with Crippen LogP contribution in [0.3, 0.4) is 0 Å².